The van der Waals surface area contributed by atoms with Crippen molar-refractivity contribution in [2.75, 3.05) is 6.54 Å². The first kappa shape index (κ1) is 9.05. The van der Waals surface area contributed by atoms with Crippen molar-refractivity contribution in [1.82, 2.24) is 0 Å². The van der Waals surface area contributed by atoms with Crippen molar-refractivity contribution in [2.24, 2.45) is 29.4 Å². The molecule has 0 radical (unpaired) electrons. The summed E-state index contributed by atoms with van der Waals surface area (Å²) in [4.78, 5) is 0. The first-order chi connectivity index (χ1) is 5.16. The first-order valence-corrected chi connectivity index (χ1v) is 4.87. The highest BCUT2D eigenvalue weighted by Crippen LogP contribution is 2.37. The normalized spacial score (nSPS) is 45.8. The van der Waals surface area contributed by atoms with Crippen LogP contribution in [-0.2, 0) is 0 Å². The van der Waals surface area contributed by atoms with Gasteiger partial charge in [-0.05, 0) is 36.6 Å². The Balaban J connectivity index is 2.52. The third-order valence-electron chi connectivity index (χ3n) is 3.77. The Labute approximate surface area is 70.4 Å². The standard InChI is InChI=1S/C10H21N/c1-7-4-5-10(6-11)9(3)8(7)2/h7-10H,4-6,11H2,1-3H3/t7?,8-,9-,10?/m0/s1. The molecule has 1 saturated carbocycles. The van der Waals surface area contributed by atoms with Crippen LogP contribution in [0.15, 0.2) is 0 Å². The molecule has 1 heteroatoms. The van der Waals surface area contributed by atoms with Gasteiger partial charge in [0.05, 0.1) is 0 Å². The molecule has 11 heavy (non-hydrogen) atoms. The second-order valence-electron chi connectivity index (χ2n) is 4.27. The summed E-state index contributed by atoms with van der Waals surface area (Å²) in [6.07, 6.45) is 2.73. The minimum Gasteiger partial charge on any atom is -0.330 e. The van der Waals surface area contributed by atoms with Crippen LogP contribution in [0, 0.1) is 23.7 Å². The molecule has 0 aromatic rings. The van der Waals surface area contributed by atoms with Gasteiger partial charge in [0, 0.05) is 0 Å². The molecule has 1 aliphatic rings. The SMILES string of the molecule is CC1CCC(CN)[C@@H](C)[C@H]1C. The molecule has 0 saturated heterocycles. The zero-order valence-electron chi connectivity index (χ0n) is 8.01. The van der Waals surface area contributed by atoms with Gasteiger partial charge < -0.3 is 5.73 Å². The number of nitrogens with two attached hydrogens (primary N) is 1. The third-order valence-corrected chi connectivity index (χ3v) is 3.77. The van der Waals surface area contributed by atoms with E-state index in [9.17, 15) is 0 Å². The molecule has 2 N–H and O–H groups in total. The van der Waals surface area contributed by atoms with Crippen molar-refractivity contribution in [1.29, 1.82) is 0 Å². The summed E-state index contributed by atoms with van der Waals surface area (Å²) in [5.74, 6) is 3.41. The molecule has 66 valence electrons. The predicted octanol–water partition coefficient (Wildman–Crippen LogP) is 2.26. The minimum absolute atomic E-state index is 0.793. The zero-order valence-corrected chi connectivity index (χ0v) is 8.01. The van der Waals surface area contributed by atoms with E-state index in [1.165, 1.54) is 12.8 Å². The molecule has 1 nitrogen and oxygen atoms in total. The molecule has 2 unspecified atom stereocenters. The summed E-state index contributed by atoms with van der Waals surface area (Å²) < 4.78 is 0. The lowest BCUT2D eigenvalue weighted by Gasteiger charge is -2.37. The highest BCUT2D eigenvalue weighted by molar-refractivity contribution is 4.81. The van der Waals surface area contributed by atoms with Gasteiger partial charge in [-0.25, -0.2) is 0 Å². The van der Waals surface area contributed by atoms with E-state index in [4.69, 9.17) is 5.73 Å². The van der Waals surface area contributed by atoms with Crippen LogP contribution >= 0.6 is 0 Å². The van der Waals surface area contributed by atoms with E-state index in [0.29, 0.717) is 0 Å². The molecule has 0 aromatic heterocycles. The van der Waals surface area contributed by atoms with Crippen LogP contribution in [0.5, 0.6) is 0 Å². The Morgan fingerprint density at radius 1 is 1.09 bits per heavy atom. The fourth-order valence-electron chi connectivity index (χ4n) is 2.28. The smallest absolute Gasteiger partial charge is 0.00462 e. The number of hydrogen-bond donors (Lipinski definition) is 1. The zero-order chi connectivity index (χ0) is 8.43. The lowest BCUT2D eigenvalue weighted by molar-refractivity contribution is 0.130. The van der Waals surface area contributed by atoms with Crippen molar-refractivity contribution in [3.05, 3.63) is 0 Å². The van der Waals surface area contributed by atoms with E-state index in [-0.39, 0.29) is 0 Å². The molecule has 0 aliphatic heterocycles. The minimum atomic E-state index is 0.793. The van der Waals surface area contributed by atoms with Crippen molar-refractivity contribution < 1.29 is 0 Å². The average molecular weight is 155 g/mol. The lowest BCUT2D eigenvalue weighted by atomic mass is 9.69. The Kier molecular flexibility index (Phi) is 2.94. The summed E-state index contributed by atoms with van der Waals surface area (Å²) in [5.41, 5.74) is 5.70. The second-order valence-corrected chi connectivity index (χ2v) is 4.27. The molecular weight excluding hydrogens is 134 g/mol. The Morgan fingerprint density at radius 2 is 1.73 bits per heavy atom. The highest BCUT2D eigenvalue weighted by Gasteiger charge is 2.30. The maximum atomic E-state index is 5.70. The van der Waals surface area contributed by atoms with Gasteiger partial charge in [0.25, 0.3) is 0 Å². The Bertz CT molecular complexity index is 120. The van der Waals surface area contributed by atoms with Gasteiger partial charge in [0.2, 0.25) is 0 Å². The number of hydrogen-bond acceptors (Lipinski definition) is 1. The summed E-state index contributed by atoms with van der Waals surface area (Å²) in [6.45, 7) is 7.99. The van der Waals surface area contributed by atoms with Crippen LogP contribution < -0.4 is 5.73 Å². The van der Waals surface area contributed by atoms with Crippen molar-refractivity contribution in [2.45, 2.75) is 33.6 Å². The van der Waals surface area contributed by atoms with Gasteiger partial charge in [0.1, 0.15) is 0 Å². The van der Waals surface area contributed by atoms with Crippen molar-refractivity contribution in [3.63, 3.8) is 0 Å². The second kappa shape index (κ2) is 3.57. The average Bonchev–Trinajstić information content (AvgIpc) is 2.01. The molecular formula is C10H21N. The summed E-state index contributed by atoms with van der Waals surface area (Å²) in [6, 6.07) is 0. The van der Waals surface area contributed by atoms with Crippen LogP contribution in [0.4, 0.5) is 0 Å². The van der Waals surface area contributed by atoms with Gasteiger partial charge in [-0.1, -0.05) is 27.2 Å². The monoisotopic (exact) mass is 155 g/mol. The quantitative estimate of drug-likeness (QED) is 0.617. The van der Waals surface area contributed by atoms with Gasteiger partial charge in [-0.3, -0.25) is 0 Å². The van der Waals surface area contributed by atoms with Crippen LogP contribution in [0.2, 0.25) is 0 Å². The summed E-state index contributed by atoms with van der Waals surface area (Å²) in [5, 5.41) is 0. The van der Waals surface area contributed by atoms with E-state index in [0.717, 1.165) is 30.2 Å². The Hall–Kier alpha value is -0.0400. The molecule has 1 rings (SSSR count). The van der Waals surface area contributed by atoms with Gasteiger partial charge in [-0.2, -0.15) is 0 Å². The van der Waals surface area contributed by atoms with Crippen molar-refractivity contribution in [3.8, 4) is 0 Å². The molecule has 0 spiro atoms. The predicted molar refractivity (Wildman–Crippen MR) is 49.3 cm³/mol. The van der Waals surface area contributed by atoms with Crippen LogP contribution in [0.25, 0.3) is 0 Å². The molecule has 0 aromatic carbocycles. The molecule has 1 aliphatic carbocycles. The van der Waals surface area contributed by atoms with E-state index < -0.39 is 0 Å². The van der Waals surface area contributed by atoms with Crippen LogP contribution in [-0.4, -0.2) is 6.54 Å². The van der Waals surface area contributed by atoms with Gasteiger partial charge in [-0.15, -0.1) is 0 Å². The summed E-state index contributed by atoms with van der Waals surface area (Å²) >= 11 is 0. The molecule has 0 heterocycles. The van der Waals surface area contributed by atoms with E-state index >= 15 is 0 Å². The fraction of sp³-hybridized carbons (Fsp3) is 1.00. The summed E-state index contributed by atoms with van der Waals surface area (Å²) in [7, 11) is 0. The van der Waals surface area contributed by atoms with E-state index in [1.54, 1.807) is 0 Å². The molecule has 4 atom stereocenters. The lowest BCUT2D eigenvalue weighted by Crippen LogP contribution is -2.33. The van der Waals surface area contributed by atoms with Crippen LogP contribution in [0.3, 0.4) is 0 Å². The van der Waals surface area contributed by atoms with Crippen molar-refractivity contribution >= 4 is 0 Å². The Morgan fingerprint density at radius 3 is 2.27 bits per heavy atom. The van der Waals surface area contributed by atoms with Gasteiger partial charge in [0.15, 0.2) is 0 Å². The first-order valence-electron chi connectivity index (χ1n) is 4.87. The largest absolute Gasteiger partial charge is 0.330 e. The maximum Gasteiger partial charge on any atom is -0.00462 e. The molecule has 0 amide bonds. The van der Waals surface area contributed by atoms with Gasteiger partial charge >= 0.3 is 0 Å². The fourth-order valence-corrected chi connectivity index (χ4v) is 2.28. The highest BCUT2D eigenvalue weighted by atomic mass is 14.6. The molecule has 1 fully saturated rings. The van der Waals surface area contributed by atoms with Crippen LogP contribution in [0.1, 0.15) is 33.6 Å². The molecule has 0 bridgehead atoms. The van der Waals surface area contributed by atoms with E-state index in [1.807, 2.05) is 0 Å². The number of rotatable bonds is 1. The maximum absolute atomic E-state index is 5.70. The van der Waals surface area contributed by atoms with E-state index in [2.05, 4.69) is 20.8 Å². The third kappa shape index (κ3) is 1.76. The topological polar surface area (TPSA) is 26.0 Å².